The molecule has 1 aromatic carbocycles. The molecule has 0 unspecified atom stereocenters. The summed E-state index contributed by atoms with van der Waals surface area (Å²) < 4.78 is 6.81. The molecule has 19 heavy (non-hydrogen) atoms. The quantitative estimate of drug-likeness (QED) is 0.832. The maximum absolute atomic E-state index is 6.26. The van der Waals surface area contributed by atoms with Gasteiger partial charge in [0, 0.05) is 37.2 Å². The zero-order valence-corrected chi connectivity index (χ0v) is 13.8. The van der Waals surface area contributed by atoms with Crippen molar-refractivity contribution in [3.8, 4) is 5.75 Å². The van der Waals surface area contributed by atoms with Crippen LogP contribution < -0.4 is 4.74 Å². The lowest BCUT2D eigenvalue weighted by Gasteiger charge is -2.32. The van der Waals surface area contributed by atoms with E-state index in [9.17, 15) is 0 Å². The van der Waals surface area contributed by atoms with E-state index in [4.69, 9.17) is 16.3 Å². The molecule has 5 heteroatoms. The van der Waals surface area contributed by atoms with E-state index in [0.29, 0.717) is 11.6 Å². The minimum Gasteiger partial charge on any atom is -0.491 e. The van der Waals surface area contributed by atoms with Crippen molar-refractivity contribution >= 4 is 27.5 Å². The predicted molar refractivity (Wildman–Crippen MR) is 83.3 cm³/mol. The van der Waals surface area contributed by atoms with E-state index in [0.717, 1.165) is 48.5 Å². The van der Waals surface area contributed by atoms with Gasteiger partial charge >= 0.3 is 0 Å². The van der Waals surface area contributed by atoms with Crippen molar-refractivity contribution < 1.29 is 4.74 Å². The van der Waals surface area contributed by atoms with Crippen molar-refractivity contribution in [2.45, 2.75) is 6.92 Å². The van der Waals surface area contributed by atoms with E-state index in [-0.39, 0.29) is 0 Å². The first-order chi connectivity index (χ1) is 9.08. The van der Waals surface area contributed by atoms with Gasteiger partial charge in [-0.05, 0) is 31.7 Å². The Morgan fingerprint density at radius 3 is 2.63 bits per heavy atom. The summed E-state index contributed by atoms with van der Waals surface area (Å²) in [6.45, 7) is 8.14. The third kappa shape index (κ3) is 4.09. The molecule has 0 atom stereocenters. The lowest BCUT2D eigenvalue weighted by Crippen LogP contribution is -2.45. The number of hydrogen-bond donors (Lipinski definition) is 0. The van der Waals surface area contributed by atoms with Gasteiger partial charge in [0.15, 0.2) is 0 Å². The molecule has 106 valence electrons. The fourth-order valence-corrected chi connectivity index (χ4v) is 2.77. The summed E-state index contributed by atoms with van der Waals surface area (Å²) in [5.41, 5.74) is 1.03. The number of rotatable bonds is 4. The Bertz CT molecular complexity index is 434. The lowest BCUT2D eigenvalue weighted by atomic mass is 10.2. The molecule has 0 radical (unpaired) electrons. The summed E-state index contributed by atoms with van der Waals surface area (Å²) in [6, 6.07) is 3.90. The Kier molecular flexibility index (Phi) is 5.51. The van der Waals surface area contributed by atoms with E-state index in [1.807, 2.05) is 19.1 Å². The van der Waals surface area contributed by atoms with E-state index in [1.165, 1.54) is 0 Å². The Balaban J connectivity index is 1.81. The molecule has 0 spiro atoms. The number of likely N-dealkylation sites (N-methyl/N-ethyl adjacent to an activating group) is 1. The molecule has 2 rings (SSSR count). The fraction of sp³-hybridized carbons (Fsp3) is 0.571. The van der Waals surface area contributed by atoms with Crippen LogP contribution in [0, 0.1) is 6.92 Å². The molecule has 0 saturated carbocycles. The fourth-order valence-electron chi connectivity index (χ4n) is 2.10. The van der Waals surface area contributed by atoms with E-state index in [1.54, 1.807) is 0 Å². The highest BCUT2D eigenvalue weighted by Gasteiger charge is 2.14. The van der Waals surface area contributed by atoms with Crippen LogP contribution in [-0.4, -0.2) is 56.2 Å². The topological polar surface area (TPSA) is 15.7 Å². The molecule has 1 aliphatic rings. The highest BCUT2D eigenvalue weighted by Crippen LogP contribution is 2.32. The van der Waals surface area contributed by atoms with Crippen LogP contribution in [-0.2, 0) is 0 Å². The molecule has 3 nitrogen and oxygen atoms in total. The molecular weight excluding hydrogens is 328 g/mol. The van der Waals surface area contributed by atoms with Crippen LogP contribution >= 0.6 is 27.5 Å². The molecule has 1 aromatic rings. The second kappa shape index (κ2) is 6.93. The van der Waals surface area contributed by atoms with Gasteiger partial charge in [-0.25, -0.2) is 0 Å². The van der Waals surface area contributed by atoms with E-state index >= 15 is 0 Å². The van der Waals surface area contributed by atoms with Crippen LogP contribution in [0.25, 0.3) is 0 Å². The van der Waals surface area contributed by atoms with Crippen molar-refractivity contribution in [3.05, 3.63) is 27.2 Å². The van der Waals surface area contributed by atoms with E-state index < -0.39 is 0 Å². The zero-order chi connectivity index (χ0) is 13.8. The molecule has 1 aliphatic heterocycles. The van der Waals surface area contributed by atoms with Gasteiger partial charge in [-0.3, -0.25) is 4.90 Å². The van der Waals surface area contributed by atoms with Gasteiger partial charge in [-0.1, -0.05) is 27.5 Å². The van der Waals surface area contributed by atoms with Crippen LogP contribution in [0.4, 0.5) is 0 Å². The Morgan fingerprint density at radius 1 is 1.26 bits per heavy atom. The number of benzene rings is 1. The maximum Gasteiger partial charge on any atom is 0.138 e. The predicted octanol–water partition coefficient (Wildman–Crippen LogP) is 3.04. The van der Waals surface area contributed by atoms with Gasteiger partial charge in [0.2, 0.25) is 0 Å². The van der Waals surface area contributed by atoms with Crippen LogP contribution in [0.15, 0.2) is 16.6 Å². The van der Waals surface area contributed by atoms with Crippen molar-refractivity contribution in [1.82, 2.24) is 9.80 Å². The summed E-state index contributed by atoms with van der Waals surface area (Å²) in [5.74, 6) is 0.775. The molecule has 1 heterocycles. The van der Waals surface area contributed by atoms with Gasteiger partial charge < -0.3 is 9.64 Å². The van der Waals surface area contributed by atoms with Crippen molar-refractivity contribution in [2.24, 2.45) is 0 Å². The molecule has 0 bridgehead atoms. The van der Waals surface area contributed by atoms with Crippen LogP contribution in [0.1, 0.15) is 5.56 Å². The Morgan fingerprint density at radius 2 is 1.95 bits per heavy atom. The van der Waals surface area contributed by atoms with E-state index in [2.05, 4.69) is 32.8 Å². The van der Waals surface area contributed by atoms with Gasteiger partial charge in [-0.2, -0.15) is 0 Å². The van der Waals surface area contributed by atoms with Gasteiger partial charge in [-0.15, -0.1) is 0 Å². The number of halogens is 2. The summed E-state index contributed by atoms with van der Waals surface area (Å²) in [7, 11) is 2.16. The monoisotopic (exact) mass is 346 g/mol. The normalized spacial score (nSPS) is 17.7. The number of ether oxygens (including phenoxy) is 1. The highest BCUT2D eigenvalue weighted by molar-refractivity contribution is 9.10. The smallest absolute Gasteiger partial charge is 0.138 e. The first kappa shape index (κ1) is 15.1. The van der Waals surface area contributed by atoms with Gasteiger partial charge in [0.05, 0.1) is 5.02 Å². The lowest BCUT2D eigenvalue weighted by molar-refractivity contribution is 0.134. The highest BCUT2D eigenvalue weighted by atomic mass is 79.9. The molecular formula is C14H20BrClN2O. The van der Waals surface area contributed by atoms with Crippen LogP contribution in [0.3, 0.4) is 0 Å². The van der Waals surface area contributed by atoms with Gasteiger partial charge in [0.25, 0.3) is 0 Å². The van der Waals surface area contributed by atoms with Gasteiger partial charge in [0.1, 0.15) is 12.4 Å². The summed E-state index contributed by atoms with van der Waals surface area (Å²) >= 11 is 9.73. The number of nitrogens with zero attached hydrogens (tertiary/aromatic N) is 2. The summed E-state index contributed by atoms with van der Waals surface area (Å²) in [5, 5.41) is 0.702. The Hall–Kier alpha value is -0.290. The Labute approximate surface area is 128 Å². The van der Waals surface area contributed by atoms with Crippen LogP contribution in [0.2, 0.25) is 5.02 Å². The summed E-state index contributed by atoms with van der Waals surface area (Å²) in [6.07, 6.45) is 0. The van der Waals surface area contributed by atoms with Crippen molar-refractivity contribution in [2.75, 3.05) is 46.4 Å². The minimum absolute atomic E-state index is 0.685. The number of hydrogen-bond acceptors (Lipinski definition) is 3. The first-order valence-electron chi connectivity index (χ1n) is 6.56. The van der Waals surface area contributed by atoms with Crippen LogP contribution in [0.5, 0.6) is 5.75 Å². The average Bonchev–Trinajstić information content (AvgIpc) is 2.41. The zero-order valence-electron chi connectivity index (χ0n) is 11.5. The molecule has 1 fully saturated rings. The summed E-state index contributed by atoms with van der Waals surface area (Å²) in [4.78, 5) is 4.78. The SMILES string of the molecule is Cc1c(Br)ccc(OCCN2CCN(C)CC2)c1Cl. The standard InChI is InChI=1S/C14H20BrClN2O/c1-11-12(15)3-4-13(14(11)16)19-10-9-18-7-5-17(2)6-8-18/h3-4H,5-10H2,1-2H3. The second-order valence-electron chi connectivity index (χ2n) is 4.98. The number of piperazine rings is 1. The molecule has 0 N–H and O–H groups in total. The largest absolute Gasteiger partial charge is 0.491 e. The minimum atomic E-state index is 0.685. The van der Waals surface area contributed by atoms with Crippen molar-refractivity contribution in [3.63, 3.8) is 0 Å². The maximum atomic E-state index is 6.26. The molecule has 0 aliphatic carbocycles. The third-order valence-electron chi connectivity index (χ3n) is 3.55. The van der Waals surface area contributed by atoms with Crippen molar-refractivity contribution in [1.29, 1.82) is 0 Å². The first-order valence-corrected chi connectivity index (χ1v) is 7.73. The third-order valence-corrected chi connectivity index (χ3v) is 4.87. The average molecular weight is 348 g/mol. The second-order valence-corrected chi connectivity index (χ2v) is 6.21. The molecule has 0 amide bonds. The molecule has 1 saturated heterocycles. The molecule has 0 aromatic heterocycles.